The van der Waals surface area contributed by atoms with E-state index in [9.17, 15) is 62.3 Å². The highest BCUT2D eigenvalue weighted by Gasteiger charge is 2.65. The average Bonchev–Trinajstić information content (AvgIpc) is 0.740. The zero-order valence-corrected chi connectivity index (χ0v) is 71.9. The number of ether oxygens (including phenoxy) is 18. The fourth-order valence-corrected chi connectivity index (χ4v) is 14.4. The van der Waals surface area contributed by atoms with E-state index in [1.807, 2.05) is 13.0 Å². The van der Waals surface area contributed by atoms with Gasteiger partial charge in [-0.1, -0.05) is 170 Å². The van der Waals surface area contributed by atoms with E-state index in [1.165, 1.54) is 92.8 Å². The lowest BCUT2D eigenvalue weighted by Crippen LogP contribution is -2.72. The molecular formula is C90H116N2O32. The predicted molar refractivity (Wildman–Crippen MR) is 436 cm³/mol. The van der Waals surface area contributed by atoms with Gasteiger partial charge in [-0.2, -0.15) is 0 Å². The molecule has 0 bridgehead atoms. The first kappa shape index (κ1) is 100. The highest BCUT2D eigenvalue weighted by Crippen LogP contribution is 2.43. The van der Waals surface area contributed by atoms with E-state index in [2.05, 4.69) is 17.6 Å². The summed E-state index contributed by atoms with van der Waals surface area (Å²) < 4.78 is 112. The Hall–Kier alpha value is -11.0. The van der Waals surface area contributed by atoms with Gasteiger partial charge in [-0.3, -0.25) is 43.2 Å². The molecule has 3 aliphatic heterocycles. The average molecular weight is 1740 g/mol. The Balaban J connectivity index is 1.45. The van der Waals surface area contributed by atoms with Crippen LogP contribution in [0.4, 0.5) is 0 Å². The third-order valence-corrected chi connectivity index (χ3v) is 20.0. The summed E-state index contributed by atoms with van der Waals surface area (Å²) in [5.74, 6) is -18.0. The van der Waals surface area contributed by atoms with E-state index in [0.717, 1.165) is 107 Å². The number of carbonyl (C=O) groups is 14. The monoisotopic (exact) mass is 1740 g/mol. The van der Waals surface area contributed by atoms with Crippen molar-refractivity contribution in [2.75, 3.05) is 33.5 Å². The Labute approximate surface area is 720 Å². The number of esters is 12. The molecule has 34 nitrogen and oxygen atoms in total. The number of allylic oxidation sites excluding steroid dienone is 1. The summed E-state index contributed by atoms with van der Waals surface area (Å²) >= 11 is 0. The van der Waals surface area contributed by atoms with E-state index < -0.39 is 226 Å². The fourth-order valence-electron chi connectivity index (χ4n) is 14.4. The molecule has 4 aromatic carbocycles. The second-order valence-electron chi connectivity index (χ2n) is 30.0. The lowest BCUT2D eigenvalue weighted by atomic mass is 9.87. The van der Waals surface area contributed by atoms with Gasteiger partial charge in [-0.05, 0) is 73.9 Å². The third-order valence-electron chi connectivity index (χ3n) is 20.0. The predicted octanol–water partition coefficient (Wildman–Crippen LogP) is 10.0. The molecule has 0 saturated carbocycles. The van der Waals surface area contributed by atoms with Gasteiger partial charge in [-0.25, -0.2) is 24.0 Å². The maximum absolute atomic E-state index is 15.4. The summed E-state index contributed by atoms with van der Waals surface area (Å²) in [5, 5.41) is 5.55. The van der Waals surface area contributed by atoms with Crippen LogP contribution in [-0.4, -0.2) is 227 Å². The molecule has 3 heterocycles. The molecule has 3 aliphatic rings. The molecule has 0 unspecified atom stereocenters. The molecule has 0 aromatic heterocycles. The number of hydrogen-bond donors (Lipinski definition) is 2. The maximum atomic E-state index is 15.4. The standard InChI is InChI=1S/C90H116N2O32/c1-12-14-16-17-18-19-20-21-22-23-24-25-39-48-68(118-85(104)65-44-35-28-36-45-65)67(92-73(101)49-30-15-13-2)51-111-87-81(121-86(105)66-46-37-29-38-47-66)79(116-61(9)99)76(71(119-87)53-109-83(102)63-40-31-26-32-41-63)122-88-82(117-62(10)100)80(77(115-60(8)98)72(120-88)54-110-84(103)64-42-33-27-34-43-64)124-90(89(106)107-11)50-69(112-57(5)95)74(91-55(3)93)78(123-90)75(114-59(7)97)70(113-58(6)96)52-108-56(4)94/h26-29,31-48,67-72,74-82,87-88H,12-25,30,49-54H2,1-11H3,(H,91,93)(H,92,101)/b48-39+/t67-,68+,69-,70+,71+,72+,74+,75+,76+,77-,78-,79-,80-,81+,82+,87+,88+,90-/m0/s1. The Morgan fingerprint density at radius 2 is 0.927 bits per heavy atom. The minimum Gasteiger partial charge on any atom is -0.465 e. The molecule has 2 amide bonds. The Kier molecular flexibility index (Phi) is 41.9. The van der Waals surface area contributed by atoms with Gasteiger partial charge in [0.2, 0.25) is 11.8 Å². The van der Waals surface area contributed by atoms with Gasteiger partial charge in [0, 0.05) is 61.8 Å². The zero-order valence-electron chi connectivity index (χ0n) is 71.9. The van der Waals surface area contributed by atoms with E-state index >= 15 is 4.79 Å². The van der Waals surface area contributed by atoms with Gasteiger partial charge in [-0.15, -0.1) is 0 Å². The molecule has 0 aliphatic carbocycles. The van der Waals surface area contributed by atoms with Crippen molar-refractivity contribution in [2.24, 2.45) is 0 Å². The van der Waals surface area contributed by atoms with Crippen LogP contribution in [0, 0.1) is 0 Å². The molecule has 0 radical (unpaired) electrons. The number of carbonyl (C=O) groups excluding carboxylic acids is 14. The highest BCUT2D eigenvalue weighted by atomic mass is 16.8. The molecule has 3 fully saturated rings. The first-order valence-corrected chi connectivity index (χ1v) is 41.8. The van der Waals surface area contributed by atoms with E-state index in [1.54, 1.807) is 66.7 Å². The van der Waals surface area contributed by atoms with Crippen molar-refractivity contribution in [1.82, 2.24) is 10.6 Å². The summed E-state index contributed by atoms with van der Waals surface area (Å²) in [6.07, 6.45) is -14.6. The Bertz CT molecular complexity index is 4150. The third kappa shape index (κ3) is 32.3. The van der Waals surface area contributed by atoms with Crippen molar-refractivity contribution in [2.45, 2.75) is 288 Å². The SMILES string of the molecule is CCCCCCCCCCCCC/C=C/[C@@H](OC(=O)c1ccccc1)[C@H](CO[C@@H]1O[C@H](COC(=O)c2ccccc2)[C@@H](O[C@H]2O[C@H](COC(=O)c3ccccc3)[C@H](OC(C)=O)[C@H](O[C@]3(C(=O)OC)C[C@H](OC(C)=O)[C@@H](NC(C)=O)[C@@H]([C@H](OC(C)=O)[C@@H](COC(C)=O)OC(C)=O)O3)[C@H]2OC(C)=O)[C@H](OC(C)=O)[C@H]1OC(=O)c1ccccc1)NC(=O)CCCCC. The number of methoxy groups -OCH3 is 1. The largest absolute Gasteiger partial charge is 0.465 e. The summed E-state index contributed by atoms with van der Waals surface area (Å²) in [7, 11) is 0.830. The highest BCUT2D eigenvalue weighted by molar-refractivity contribution is 5.91. The van der Waals surface area contributed by atoms with Gasteiger partial charge >= 0.3 is 71.6 Å². The van der Waals surface area contributed by atoms with Crippen LogP contribution in [0.5, 0.6) is 0 Å². The van der Waals surface area contributed by atoms with Gasteiger partial charge in [0.25, 0.3) is 5.79 Å². The number of nitrogens with one attached hydrogen (secondary N) is 2. The minimum absolute atomic E-state index is 0.00587. The summed E-state index contributed by atoms with van der Waals surface area (Å²) in [4.78, 5) is 196. The van der Waals surface area contributed by atoms with Crippen LogP contribution in [-0.2, 0) is 133 Å². The smallest absolute Gasteiger partial charge is 0.366 e. The molecule has 124 heavy (non-hydrogen) atoms. The van der Waals surface area contributed by atoms with Crippen LogP contribution < -0.4 is 10.6 Å². The second-order valence-corrected chi connectivity index (χ2v) is 30.0. The summed E-state index contributed by atoms with van der Waals surface area (Å²) in [5.41, 5.74) is 0.00724. The Morgan fingerprint density at radius 1 is 0.460 bits per heavy atom. The summed E-state index contributed by atoms with van der Waals surface area (Å²) in [6.45, 7) is 8.08. The lowest BCUT2D eigenvalue weighted by molar-refractivity contribution is -0.386. The first-order chi connectivity index (χ1) is 59.4. The van der Waals surface area contributed by atoms with Crippen LogP contribution in [0.25, 0.3) is 0 Å². The van der Waals surface area contributed by atoms with Crippen LogP contribution >= 0.6 is 0 Å². The van der Waals surface area contributed by atoms with Crippen LogP contribution in [0.3, 0.4) is 0 Å². The van der Waals surface area contributed by atoms with E-state index in [0.29, 0.717) is 19.3 Å². The molecule has 3 saturated heterocycles. The number of rotatable bonds is 48. The molecule has 2 N–H and O–H groups in total. The van der Waals surface area contributed by atoms with Gasteiger partial charge in [0.1, 0.15) is 62.5 Å². The van der Waals surface area contributed by atoms with Gasteiger partial charge in [0.05, 0.1) is 54.5 Å². The molecule has 18 atom stereocenters. The normalized spacial score (nSPS) is 23.2. The van der Waals surface area contributed by atoms with Crippen molar-refractivity contribution >= 4 is 83.4 Å². The summed E-state index contributed by atoms with van der Waals surface area (Å²) in [6, 6.07) is 27.3. The van der Waals surface area contributed by atoms with Crippen LogP contribution in [0.2, 0.25) is 0 Å². The number of amides is 2. The molecule has 678 valence electrons. The first-order valence-electron chi connectivity index (χ1n) is 41.8. The van der Waals surface area contributed by atoms with Crippen LogP contribution in [0.15, 0.2) is 133 Å². The van der Waals surface area contributed by atoms with Gasteiger partial charge in [0.15, 0.2) is 49.2 Å². The second kappa shape index (κ2) is 51.9. The Morgan fingerprint density at radius 3 is 1.43 bits per heavy atom. The molecular weight excluding hydrogens is 1620 g/mol. The van der Waals surface area contributed by atoms with Crippen molar-refractivity contribution in [1.29, 1.82) is 0 Å². The maximum Gasteiger partial charge on any atom is 0.366 e. The molecule has 34 heteroatoms. The van der Waals surface area contributed by atoms with E-state index in [-0.39, 0.29) is 28.7 Å². The zero-order chi connectivity index (χ0) is 90.3. The van der Waals surface area contributed by atoms with E-state index in [4.69, 9.17) is 85.3 Å². The minimum atomic E-state index is -3.29. The number of unbranched alkanes of at least 4 members (excludes halogenated alkanes) is 13. The number of hydrogen-bond acceptors (Lipinski definition) is 32. The van der Waals surface area contributed by atoms with Crippen LogP contribution in [0.1, 0.15) is 220 Å². The van der Waals surface area contributed by atoms with Crippen molar-refractivity contribution < 1.29 is 152 Å². The van der Waals surface area contributed by atoms with Crippen molar-refractivity contribution in [3.63, 3.8) is 0 Å². The van der Waals surface area contributed by atoms with Crippen molar-refractivity contribution in [3.8, 4) is 0 Å². The number of benzene rings is 4. The molecule has 4 aromatic rings. The molecule has 7 rings (SSSR count). The van der Waals surface area contributed by atoms with Gasteiger partial charge < -0.3 is 95.9 Å². The lowest BCUT2D eigenvalue weighted by Gasteiger charge is -2.52. The topological polar surface area (TPSA) is 429 Å². The fraction of sp³-hybridized carbons (Fsp3) is 0.556. The molecule has 0 spiro atoms. The van der Waals surface area contributed by atoms with Crippen molar-refractivity contribution in [3.05, 3.63) is 156 Å². The quantitative estimate of drug-likeness (QED) is 0.0180.